The average molecular weight is 441 g/mol. The molecule has 0 N–H and O–H groups in total. The SMILES string of the molecule is CN(C)c1ccc2c(c1)N(CC(=O)OCc1ccccc1)c1cc(N(C)C)ccc1C2C#N. The Hall–Kier alpha value is -3.98. The maximum absolute atomic E-state index is 12.9. The predicted octanol–water partition coefficient (Wildman–Crippen LogP) is 4.67. The molecule has 4 rings (SSSR count). The lowest BCUT2D eigenvalue weighted by atomic mass is 9.85. The molecular weight excluding hydrogens is 412 g/mol. The first-order valence-electron chi connectivity index (χ1n) is 10.9. The smallest absolute Gasteiger partial charge is 0.326 e. The van der Waals surface area contributed by atoms with E-state index < -0.39 is 5.92 Å². The Balaban J connectivity index is 1.74. The van der Waals surface area contributed by atoms with Crippen molar-refractivity contribution in [3.8, 4) is 6.07 Å². The van der Waals surface area contributed by atoms with Gasteiger partial charge in [0, 0.05) is 50.9 Å². The highest BCUT2D eigenvalue weighted by atomic mass is 16.5. The number of carbonyl (C=O) groups is 1. The number of carbonyl (C=O) groups excluding carboxylic acids is 1. The summed E-state index contributed by atoms with van der Waals surface area (Å²) in [5, 5.41) is 10.0. The van der Waals surface area contributed by atoms with Gasteiger partial charge in [-0.05, 0) is 41.0 Å². The largest absolute Gasteiger partial charge is 0.459 e. The van der Waals surface area contributed by atoms with Crippen LogP contribution in [0.4, 0.5) is 22.7 Å². The minimum Gasteiger partial charge on any atom is -0.459 e. The molecule has 0 atom stereocenters. The summed E-state index contributed by atoms with van der Waals surface area (Å²) in [6.07, 6.45) is 0. The van der Waals surface area contributed by atoms with Gasteiger partial charge in [0.25, 0.3) is 0 Å². The molecule has 1 heterocycles. The van der Waals surface area contributed by atoms with Gasteiger partial charge in [-0.2, -0.15) is 5.26 Å². The Morgan fingerprint density at radius 2 is 1.45 bits per heavy atom. The summed E-state index contributed by atoms with van der Waals surface area (Å²) in [6.45, 7) is 0.280. The highest BCUT2D eigenvalue weighted by Crippen LogP contribution is 2.47. The van der Waals surface area contributed by atoms with E-state index in [0.29, 0.717) is 0 Å². The summed E-state index contributed by atoms with van der Waals surface area (Å²) in [6, 6.07) is 24.2. The van der Waals surface area contributed by atoms with Crippen LogP contribution in [0.1, 0.15) is 22.6 Å². The van der Waals surface area contributed by atoms with Crippen LogP contribution in [0.25, 0.3) is 0 Å². The molecule has 0 fully saturated rings. The van der Waals surface area contributed by atoms with Crippen LogP contribution in [-0.2, 0) is 16.1 Å². The van der Waals surface area contributed by atoms with Crippen molar-refractivity contribution in [1.82, 2.24) is 0 Å². The molecule has 1 aliphatic heterocycles. The molecule has 0 radical (unpaired) electrons. The lowest BCUT2D eigenvalue weighted by molar-refractivity contribution is -0.143. The zero-order valence-corrected chi connectivity index (χ0v) is 19.4. The minimum absolute atomic E-state index is 0.0543. The fourth-order valence-corrected chi connectivity index (χ4v) is 4.10. The topological polar surface area (TPSA) is 59.8 Å². The van der Waals surface area contributed by atoms with Gasteiger partial charge in [0.15, 0.2) is 0 Å². The highest BCUT2D eigenvalue weighted by Gasteiger charge is 2.32. The molecule has 0 amide bonds. The quantitative estimate of drug-likeness (QED) is 0.519. The number of nitriles is 1. The first kappa shape index (κ1) is 22.2. The van der Waals surface area contributed by atoms with Crippen molar-refractivity contribution in [2.24, 2.45) is 0 Å². The molecule has 3 aromatic rings. The van der Waals surface area contributed by atoms with Crippen molar-refractivity contribution in [2.75, 3.05) is 49.4 Å². The van der Waals surface area contributed by atoms with Crippen LogP contribution in [0.2, 0.25) is 0 Å². The van der Waals surface area contributed by atoms with E-state index in [9.17, 15) is 10.1 Å². The van der Waals surface area contributed by atoms with Gasteiger partial charge in [-0.25, -0.2) is 0 Å². The number of ether oxygens (including phenoxy) is 1. The van der Waals surface area contributed by atoms with E-state index in [4.69, 9.17) is 4.74 Å². The van der Waals surface area contributed by atoms with Crippen molar-refractivity contribution in [1.29, 1.82) is 5.26 Å². The molecule has 33 heavy (non-hydrogen) atoms. The van der Waals surface area contributed by atoms with Gasteiger partial charge in [0.2, 0.25) is 0 Å². The van der Waals surface area contributed by atoms with Gasteiger partial charge in [-0.15, -0.1) is 0 Å². The molecule has 0 spiro atoms. The number of esters is 1. The lowest BCUT2D eigenvalue weighted by Crippen LogP contribution is -2.32. The molecule has 6 nitrogen and oxygen atoms in total. The number of hydrogen-bond acceptors (Lipinski definition) is 6. The van der Waals surface area contributed by atoms with E-state index in [0.717, 1.165) is 39.4 Å². The van der Waals surface area contributed by atoms with Gasteiger partial charge < -0.3 is 19.4 Å². The number of fused-ring (bicyclic) bond motifs is 2. The van der Waals surface area contributed by atoms with Crippen molar-refractivity contribution < 1.29 is 9.53 Å². The van der Waals surface area contributed by atoms with Gasteiger partial charge in [-0.3, -0.25) is 4.79 Å². The van der Waals surface area contributed by atoms with Crippen molar-refractivity contribution in [2.45, 2.75) is 12.5 Å². The summed E-state index contributed by atoms with van der Waals surface area (Å²) in [4.78, 5) is 18.9. The normalized spacial score (nSPS) is 12.4. The van der Waals surface area contributed by atoms with Gasteiger partial charge in [0.05, 0.1) is 6.07 Å². The molecule has 6 heteroatoms. The van der Waals surface area contributed by atoms with Crippen molar-refractivity contribution >= 4 is 28.7 Å². The first-order chi connectivity index (χ1) is 15.9. The third-order valence-corrected chi connectivity index (χ3v) is 5.92. The van der Waals surface area contributed by atoms with Crippen LogP contribution in [-0.4, -0.2) is 40.7 Å². The Kier molecular flexibility index (Phi) is 6.23. The van der Waals surface area contributed by atoms with Gasteiger partial charge in [-0.1, -0.05) is 42.5 Å². The second-order valence-electron chi connectivity index (χ2n) is 8.57. The number of rotatable bonds is 6. The predicted molar refractivity (Wildman–Crippen MR) is 132 cm³/mol. The highest BCUT2D eigenvalue weighted by molar-refractivity contribution is 5.87. The van der Waals surface area contributed by atoms with Crippen molar-refractivity contribution in [3.05, 3.63) is 83.4 Å². The average Bonchev–Trinajstić information content (AvgIpc) is 2.82. The molecule has 168 valence electrons. The third-order valence-electron chi connectivity index (χ3n) is 5.92. The third kappa shape index (κ3) is 4.49. The summed E-state index contributed by atoms with van der Waals surface area (Å²) >= 11 is 0. The molecule has 0 aromatic heterocycles. The zero-order chi connectivity index (χ0) is 23.5. The first-order valence-corrected chi connectivity index (χ1v) is 10.9. The molecule has 0 bridgehead atoms. The van der Waals surface area contributed by atoms with Crippen molar-refractivity contribution in [3.63, 3.8) is 0 Å². The molecule has 0 aliphatic carbocycles. The summed E-state index contributed by atoms with van der Waals surface area (Å²) < 4.78 is 5.60. The summed E-state index contributed by atoms with van der Waals surface area (Å²) in [7, 11) is 7.90. The Labute approximate surface area is 195 Å². The fraction of sp³-hybridized carbons (Fsp3) is 0.259. The fourth-order valence-electron chi connectivity index (χ4n) is 4.10. The zero-order valence-electron chi connectivity index (χ0n) is 19.4. The van der Waals surface area contributed by atoms with E-state index >= 15 is 0 Å². The Bertz CT molecular complexity index is 1140. The molecule has 1 aliphatic rings. The van der Waals surface area contributed by atoms with Crippen LogP contribution in [0.3, 0.4) is 0 Å². The maximum Gasteiger partial charge on any atom is 0.326 e. The van der Waals surface area contributed by atoms with Crippen LogP contribution >= 0.6 is 0 Å². The van der Waals surface area contributed by atoms with Gasteiger partial charge >= 0.3 is 5.97 Å². The summed E-state index contributed by atoms with van der Waals surface area (Å²) in [5.41, 5.74) is 6.44. The van der Waals surface area contributed by atoms with E-state index in [1.807, 2.05) is 110 Å². The van der Waals surface area contributed by atoms with Crippen LogP contribution in [0.5, 0.6) is 0 Å². The lowest BCUT2D eigenvalue weighted by Gasteiger charge is -2.36. The second-order valence-corrected chi connectivity index (χ2v) is 8.57. The number of nitrogens with zero attached hydrogens (tertiary/aromatic N) is 4. The minimum atomic E-state index is -0.404. The standard InChI is InChI=1S/C27H28N4O2/c1-29(2)20-10-12-22-24(16-28)23-13-11-21(30(3)4)15-26(23)31(25(22)14-20)17-27(32)33-18-19-8-6-5-7-9-19/h5-15,24H,17-18H2,1-4H3. The Morgan fingerprint density at radius 1 is 0.909 bits per heavy atom. The van der Waals surface area contributed by atoms with E-state index in [2.05, 4.69) is 6.07 Å². The molecule has 0 unspecified atom stereocenters. The van der Waals surface area contributed by atoms with Crippen LogP contribution in [0, 0.1) is 11.3 Å². The number of hydrogen-bond donors (Lipinski definition) is 0. The van der Waals surface area contributed by atoms with Crippen LogP contribution < -0.4 is 14.7 Å². The van der Waals surface area contributed by atoms with Gasteiger partial charge in [0.1, 0.15) is 19.1 Å². The van der Waals surface area contributed by atoms with E-state index in [-0.39, 0.29) is 19.1 Å². The second kappa shape index (κ2) is 9.25. The molecule has 3 aromatic carbocycles. The Morgan fingerprint density at radius 3 is 1.94 bits per heavy atom. The van der Waals surface area contributed by atoms with Crippen LogP contribution in [0.15, 0.2) is 66.7 Å². The maximum atomic E-state index is 12.9. The van der Waals surface area contributed by atoms with E-state index in [1.165, 1.54) is 0 Å². The summed E-state index contributed by atoms with van der Waals surface area (Å²) in [5.74, 6) is -0.726. The molecule has 0 saturated heterocycles. The van der Waals surface area contributed by atoms with E-state index in [1.54, 1.807) is 0 Å². The molecular formula is C27H28N4O2. The number of benzene rings is 3. The molecule has 0 saturated carbocycles. The monoisotopic (exact) mass is 440 g/mol. The number of anilines is 4.